The molecular formula is C72H136N2O7P+. The minimum atomic E-state index is -4.45. The second kappa shape index (κ2) is 61.8. The third kappa shape index (κ3) is 62.2. The quantitative estimate of drug-likeness (QED) is 0.0205. The molecule has 480 valence electrons. The van der Waals surface area contributed by atoms with Gasteiger partial charge in [0.2, 0.25) is 5.91 Å². The van der Waals surface area contributed by atoms with Crippen LogP contribution in [0.1, 0.15) is 335 Å². The summed E-state index contributed by atoms with van der Waals surface area (Å²) in [4.78, 5) is 37.9. The average Bonchev–Trinajstić information content (AvgIpc) is 3.44. The fraction of sp³-hybridized carbons (Fsp3) is 0.833. The zero-order chi connectivity index (χ0) is 60.0. The van der Waals surface area contributed by atoms with Gasteiger partial charge in [-0.3, -0.25) is 18.6 Å². The molecule has 10 heteroatoms. The first kappa shape index (κ1) is 79.7. The van der Waals surface area contributed by atoms with Gasteiger partial charge in [0.25, 0.3) is 0 Å². The van der Waals surface area contributed by atoms with Crippen molar-refractivity contribution in [3.63, 3.8) is 0 Å². The largest absolute Gasteiger partial charge is 0.472 e. The molecule has 0 saturated carbocycles. The van der Waals surface area contributed by atoms with Gasteiger partial charge in [-0.1, -0.05) is 287 Å². The van der Waals surface area contributed by atoms with Crippen LogP contribution in [-0.2, 0) is 27.9 Å². The number of hydrogen-bond acceptors (Lipinski definition) is 6. The Hall–Kier alpha value is -2.29. The van der Waals surface area contributed by atoms with Crippen LogP contribution < -0.4 is 5.32 Å². The summed E-state index contributed by atoms with van der Waals surface area (Å²) < 4.78 is 30.8. The van der Waals surface area contributed by atoms with Gasteiger partial charge in [-0.25, -0.2) is 4.57 Å². The molecule has 0 bridgehead atoms. The molecule has 0 aromatic heterocycles. The predicted octanol–water partition coefficient (Wildman–Crippen LogP) is 22.2. The normalized spacial score (nSPS) is 13.9. The van der Waals surface area contributed by atoms with Crippen LogP contribution in [0.5, 0.6) is 0 Å². The summed E-state index contributed by atoms with van der Waals surface area (Å²) in [5, 5.41) is 3.07. The zero-order valence-electron chi connectivity index (χ0n) is 55.0. The highest BCUT2D eigenvalue weighted by Crippen LogP contribution is 2.43. The minimum absolute atomic E-state index is 0.0397. The van der Waals surface area contributed by atoms with E-state index in [0.29, 0.717) is 17.4 Å². The molecule has 82 heavy (non-hydrogen) atoms. The number of allylic oxidation sites excluding steroid dienone is 9. The fourth-order valence-electron chi connectivity index (χ4n) is 10.2. The maximum atomic E-state index is 13.6. The number of nitrogens with zero attached hydrogens (tertiary/aromatic N) is 1. The van der Waals surface area contributed by atoms with Crippen LogP contribution in [-0.4, -0.2) is 74.3 Å². The highest BCUT2D eigenvalue weighted by Gasteiger charge is 2.30. The van der Waals surface area contributed by atoms with E-state index in [9.17, 15) is 19.0 Å². The van der Waals surface area contributed by atoms with Crippen molar-refractivity contribution in [3.8, 4) is 0 Å². The molecule has 0 heterocycles. The van der Waals surface area contributed by atoms with Gasteiger partial charge in [-0.05, 0) is 96.0 Å². The molecule has 0 aliphatic rings. The van der Waals surface area contributed by atoms with E-state index in [1.165, 1.54) is 231 Å². The fourth-order valence-corrected chi connectivity index (χ4v) is 11.0. The number of amides is 1. The standard InChI is InChI=1S/C72H135N2O7P/c1-7-10-13-16-19-22-25-28-30-32-34-35-36-37-38-39-41-43-45-47-50-53-56-59-62-65-72(76)81-70(63-60-57-54-51-48-27-24-21-18-15-12-9-3)69(68-80-82(77,78)79-67-66-74(4,5)6)73-71(75)64-61-58-55-52-49-46-44-42-40-33-31-29-26-23-20-17-14-11-8-2/h19,22,28-31,34-35,60,63,69-70H,7-18,20-21,23-27,32-33,36-59,61-62,64-68H2,1-6H3,(H-,73,75,77,78)/p+1/b22-19-,30-28-,31-29+,35-34-,63-60-. The van der Waals surface area contributed by atoms with E-state index >= 15 is 0 Å². The number of phosphoric ester groups is 1. The zero-order valence-corrected chi connectivity index (χ0v) is 55.9. The molecule has 3 atom stereocenters. The van der Waals surface area contributed by atoms with E-state index in [1.807, 2.05) is 33.3 Å². The molecule has 0 saturated heterocycles. The Balaban J connectivity index is 5.07. The monoisotopic (exact) mass is 1170 g/mol. The first-order valence-electron chi connectivity index (χ1n) is 35.1. The average molecular weight is 1170 g/mol. The summed E-state index contributed by atoms with van der Waals surface area (Å²) in [5.41, 5.74) is 0. The van der Waals surface area contributed by atoms with Gasteiger partial charge < -0.3 is 19.4 Å². The van der Waals surface area contributed by atoms with Gasteiger partial charge in [-0.15, -0.1) is 0 Å². The van der Waals surface area contributed by atoms with E-state index in [2.05, 4.69) is 74.7 Å². The topological polar surface area (TPSA) is 111 Å². The summed E-state index contributed by atoms with van der Waals surface area (Å²) in [6, 6.07) is -0.851. The Morgan fingerprint density at radius 1 is 0.427 bits per heavy atom. The molecule has 3 unspecified atom stereocenters. The molecule has 1 amide bonds. The van der Waals surface area contributed by atoms with Gasteiger partial charge in [-0.2, -0.15) is 0 Å². The molecule has 0 spiro atoms. The SMILES string of the molecule is CCCCC/C=C\C/C=C\C/C=C\CCCCCCCCCCCCCCC(=O)OC(/C=C\CCCCCCCCCCCC)C(COP(=O)(O)OCC[N+](C)(C)C)NC(=O)CCCCCCCCCCC/C=C/CCCCCCCC. The number of quaternary nitrogens is 1. The van der Waals surface area contributed by atoms with Crippen molar-refractivity contribution in [3.05, 3.63) is 60.8 Å². The molecule has 0 aromatic carbocycles. The number of ether oxygens (including phenoxy) is 1. The highest BCUT2D eigenvalue weighted by atomic mass is 31.2. The number of unbranched alkanes of at least 4 members (excludes halogenated alkanes) is 40. The van der Waals surface area contributed by atoms with Gasteiger partial charge in [0.15, 0.2) is 0 Å². The lowest BCUT2D eigenvalue weighted by Gasteiger charge is -2.27. The Bertz CT molecular complexity index is 1590. The van der Waals surface area contributed by atoms with Gasteiger partial charge >= 0.3 is 13.8 Å². The summed E-state index contributed by atoms with van der Waals surface area (Å²) in [5.74, 6) is -0.498. The smallest absolute Gasteiger partial charge is 0.456 e. The summed E-state index contributed by atoms with van der Waals surface area (Å²) in [7, 11) is 1.50. The second-order valence-electron chi connectivity index (χ2n) is 25.0. The van der Waals surface area contributed by atoms with E-state index in [1.54, 1.807) is 0 Å². The van der Waals surface area contributed by atoms with Crippen molar-refractivity contribution in [2.75, 3.05) is 40.9 Å². The minimum Gasteiger partial charge on any atom is -0.456 e. The molecule has 0 aromatic rings. The second-order valence-corrected chi connectivity index (χ2v) is 26.5. The third-order valence-electron chi connectivity index (χ3n) is 15.7. The number of rotatable bonds is 64. The van der Waals surface area contributed by atoms with E-state index in [-0.39, 0.29) is 31.5 Å². The molecule has 9 nitrogen and oxygen atoms in total. The summed E-state index contributed by atoms with van der Waals surface area (Å²) in [6.07, 6.45) is 79.4. The van der Waals surface area contributed by atoms with E-state index in [4.69, 9.17) is 13.8 Å². The van der Waals surface area contributed by atoms with Crippen LogP contribution in [0.3, 0.4) is 0 Å². The lowest BCUT2D eigenvalue weighted by atomic mass is 10.0. The van der Waals surface area contributed by atoms with Crippen LogP contribution in [0, 0.1) is 0 Å². The maximum Gasteiger partial charge on any atom is 0.472 e. The molecule has 2 N–H and O–H groups in total. The Morgan fingerprint density at radius 3 is 1.15 bits per heavy atom. The Morgan fingerprint density at radius 2 is 0.744 bits per heavy atom. The lowest BCUT2D eigenvalue weighted by molar-refractivity contribution is -0.870. The van der Waals surface area contributed by atoms with Crippen LogP contribution in [0.25, 0.3) is 0 Å². The third-order valence-corrected chi connectivity index (χ3v) is 16.7. The molecule has 0 aliphatic heterocycles. The van der Waals surface area contributed by atoms with Crippen molar-refractivity contribution in [2.24, 2.45) is 0 Å². The first-order valence-corrected chi connectivity index (χ1v) is 36.6. The van der Waals surface area contributed by atoms with E-state index in [0.717, 1.165) is 70.6 Å². The van der Waals surface area contributed by atoms with Crippen molar-refractivity contribution < 1.29 is 37.3 Å². The lowest BCUT2D eigenvalue weighted by Crippen LogP contribution is -2.47. The number of likely N-dealkylation sites (N-methyl/N-ethyl adjacent to an activating group) is 1. The number of carbonyl (C=O) groups excluding carboxylic acids is 2. The summed E-state index contributed by atoms with van der Waals surface area (Å²) >= 11 is 0. The van der Waals surface area contributed by atoms with Crippen LogP contribution in [0.2, 0.25) is 0 Å². The molecular weight excluding hydrogens is 1040 g/mol. The molecule has 0 rings (SSSR count). The predicted molar refractivity (Wildman–Crippen MR) is 355 cm³/mol. The van der Waals surface area contributed by atoms with Crippen LogP contribution in [0.4, 0.5) is 0 Å². The number of esters is 1. The highest BCUT2D eigenvalue weighted by molar-refractivity contribution is 7.47. The number of phosphoric acid groups is 1. The van der Waals surface area contributed by atoms with E-state index < -0.39 is 20.0 Å². The van der Waals surface area contributed by atoms with Crippen molar-refractivity contribution in [1.82, 2.24) is 5.32 Å². The summed E-state index contributed by atoms with van der Waals surface area (Å²) in [6.45, 7) is 7.02. The van der Waals surface area contributed by atoms with Crippen molar-refractivity contribution in [2.45, 2.75) is 348 Å². The number of nitrogens with one attached hydrogen (secondary N) is 1. The molecule has 0 radical (unpaired) electrons. The maximum absolute atomic E-state index is 13.6. The van der Waals surface area contributed by atoms with Gasteiger partial charge in [0.1, 0.15) is 19.3 Å². The van der Waals surface area contributed by atoms with Gasteiger partial charge in [0, 0.05) is 12.8 Å². The molecule has 0 aliphatic carbocycles. The first-order chi connectivity index (χ1) is 39.9. The van der Waals surface area contributed by atoms with Crippen molar-refractivity contribution in [1.29, 1.82) is 0 Å². The molecule has 0 fully saturated rings. The number of carbonyl (C=O) groups is 2. The van der Waals surface area contributed by atoms with Gasteiger partial charge in [0.05, 0.1) is 33.8 Å². The van der Waals surface area contributed by atoms with Crippen LogP contribution >= 0.6 is 7.82 Å². The van der Waals surface area contributed by atoms with Crippen LogP contribution in [0.15, 0.2) is 60.8 Å². The Kier molecular flexibility index (Phi) is 60.1. The van der Waals surface area contributed by atoms with Crippen molar-refractivity contribution >= 4 is 19.7 Å². The number of hydrogen-bond donors (Lipinski definition) is 2. The Labute approximate surface area is 509 Å².